The van der Waals surface area contributed by atoms with Crippen molar-refractivity contribution in [2.24, 2.45) is 0 Å². The van der Waals surface area contributed by atoms with E-state index in [9.17, 15) is 18.3 Å². The predicted molar refractivity (Wildman–Crippen MR) is 107 cm³/mol. The SMILES string of the molecule is O=C([O-])c1cnc(NCC2CN(S(=O)(=O)c3ccc4ccccc4c3)CCO2)nc1.[Na+]. The van der Waals surface area contributed by atoms with Crippen LogP contribution < -0.4 is 40.0 Å². The number of ether oxygens (including phenoxy) is 1. The van der Waals surface area contributed by atoms with Crippen LogP contribution in [0.1, 0.15) is 10.4 Å². The molecule has 2 aromatic carbocycles. The van der Waals surface area contributed by atoms with Gasteiger partial charge in [-0.3, -0.25) is 0 Å². The van der Waals surface area contributed by atoms with E-state index < -0.39 is 22.1 Å². The number of anilines is 1. The monoisotopic (exact) mass is 450 g/mol. The molecule has 1 saturated heterocycles. The number of rotatable bonds is 6. The van der Waals surface area contributed by atoms with E-state index >= 15 is 0 Å². The number of fused-ring (bicyclic) bond motifs is 1. The molecule has 1 aliphatic heterocycles. The van der Waals surface area contributed by atoms with Gasteiger partial charge in [0.25, 0.3) is 0 Å². The van der Waals surface area contributed by atoms with Crippen LogP contribution in [0, 0.1) is 0 Å². The molecule has 1 unspecified atom stereocenters. The number of hydrogen-bond acceptors (Lipinski definition) is 8. The topological polar surface area (TPSA) is 125 Å². The van der Waals surface area contributed by atoms with Gasteiger partial charge in [-0.05, 0) is 22.9 Å². The van der Waals surface area contributed by atoms with Crippen LogP contribution in [0.3, 0.4) is 0 Å². The van der Waals surface area contributed by atoms with Crippen molar-refractivity contribution < 1.29 is 52.6 Å². The van der Waals surface area contributed by atoms with Gasteiger partial charge in [0.2, 0.25) is 16.0 Å². The minimum Gasteiger partial charge on any atom is -0.545 e. The van der Waals surface area contributed by atoms with Crippen molar-refractivity contribution >= 4 is 32.7 Å². The molecule has 1 N–H and O–H groups in total. The molecular formula is C20H19N4NaO5S. The molecule has 0 amide bonds. The second-order valence-corrected chi connectivity index (χ2v) is 8.77. The number of sulfonamides is 1. The Bertz CT molecular complexity index is 1170. The van der Waals surface area contributed by atoms with E-state index in [1.807, 2.05) is 24.3 Å². The Labute approximate surface area is 201 Å². The summed E-state index contributed by atoms with van der Waals surface area (Å²) in [5.74, 6) is -1.13. The second-order valence-electron chi connectivity index (χ2n) is 6.83. The fraction of sp³-hybridized carbons (Fsp3) is 0.250. The standard InChI is InChI=1S/C20H20N4O5S.Na/c25-19(26)16-10-21-20(22-11-16)23-12-17-13-24(7-8-29-17)30(27,28)18-6-5-14-3-1-2-4-15(14)9-18;/h1-6,9-11,17H,7-8,12-13H2,(H,25,26)(H,21,22,23);/q;+1/p-1. The number of carbonyl (C=O) groups is 1. The average Bonchev–Trinajstić information content (AvgIpc) is 2.78. The van der Waals surface area contributed by atoms with Crippen LogP contribution in [0.2, 0.25) is 0 Å². The van der Waals surface area contributed by atoms with Gasteiger partial charge >= 0.3 is 29.6 Å². The summed E-state index contributed by atoms with van der Waals surface area (Å²) < 4.78 is 33.3. The van der Waals surface area contributed by atoms with Gasteiger partial charge in [-0.1, -0.05) is 30.3 Å². The maximum absolute atomic E-state index is 13.1. The molecule has 0 spiro atoms. The van der Waals surface area contributed by atoms with Crippen molar-refractivity contribution in [1.29, 1.82) is 0 Å². The molecule has 11 heteroatoms. The molecule has 0 radical (unpaired) electrons. The minimum atomic E-state index is -3.66. The van der Waals surface area contributed by atoms with Crippen LogP contribution in [0.5, 0.6) is 0 Å². The molecule has 0 aliphatic carbocycles. The van der Waals surface area contributed by atoms with E-state index in [-0.39, 0.29) is 72.2 Å². The first-order valence-corrected chi connectivity index (χ1v) is 10.8. The van der Waals surface area contributed by atoms with Crippen molar-refractivity contribution in [2.45, 2.75) is 11.0 Å². The number of nitrogens with zero attached hydrogens (tertiary/aromatic N) is 3. The number of carboxylic acid groups (broad SMARTS) is 1. The number of aromatic carboxylic acids is 1. The molecule has 1 aromatic heterocycles. The molecule has 156 valence electrons. The summed E-state index contributed by atoms with van der Waals surface area (Å²) in [5.41, 5.74) is -0.123. The largest absolute Gasteiger partial charge is 1.00 e. The summed E-state index contributed by atoms with van der Waals surface area (Å²) in [6, 6.07) is 12.7. The van der Waals surface area contributed by atoms with Crippen LogP contribution in [-0.2, 0) is 14.8 Å². The normalized spacial score (nSPS) is 17.1. The summed E-state index contributed by atoms with van der Waals surface area (Å²) in [6.45, 7) is 0.986. The number of aromatic nitrogens is 2. The number of nitrogens with one attached hydrogen (secondary N) is 1. The van der Waals surface area contributed by atoms with Crippen LogP contribution in [-0.4, -0.2) is 61.0 Å². The van der Waals surface area contributed by atoms with Gasteiger partial charge in [0.05, 0.1) is 23.6 Å². The van der Waals surface area contributed by atoms with Crippen molar-refractivity contribution in [3.63, 3.8) is 0 Å². The summed E-state index contributed by atoms with van der Waals surface area (Å²) >= 11 is 0. The summed E-state index contributed by atoms with van der Waals surface area (Å²) in [4.78, 5) is 18.8. The molecule has 1 atom stereocenters. The van der Waals surface area contributed by atoms with Gasteiger partial charge in [0, 0.05) is 37.6 Å². The molecule has 1 aliphatic rings. The Balaban J connectivity index is 0.00000272. The summed E-state index contributed by atoms with van der Waals surface area (Å²) in [7, 11) is -3.66. The Hall–Kier alpha value is -2.08. The Kier molecular flexibility index (Phi) is 7.63. The maximum Gasteiger partial charge on any atom is 1.00 e. The zero-order valence-corrected chi connectivity index (χ0v) is 19.7. The number of morpholine rings is 1. The fourth-order valence-electron chi connectivity index (χ4n) is 3.24. The number of benzene rings is 2. The zero-order valence-electron chi connectivity index (χ0n) is 16.9. The first-order valence-electron chi connectivity index (χ1n) is 9.31. The Morgan fingerprint density at radius 1 is 1.16 bits per heavy atom. The molecule has 2 heterocycles. The molecule has 0 bridgehead atoms. The number of hydrogen-bond donors (Lipinski definition) is 1. The Morgan fingerprint density at radius 2 is 1.87 bits per heavy atom. The molecule has 9 nitrogen and oxygen atoms in total. The van der Waals surface area contributed by atoms with Crippen LogP contribution in [0.4, 0.5) is 5.95 Å². The molecule has 3 aromatic rings. The van der Waals surface area contributed by atoms with Crippen LogP contribution in [0.15, 0.2) is 59.8 Å². The average molecular weight is 450 g/mol. The van der Waals surface area contributed by atoms with E-state index in [0.29, 0.717) is 0 Å². The second kappa shape index (κ2) is 10.0. The van der Waals surface area contributed by atoms with E-state index in [1.54, 1.807) is 18.2 Å². The molecule has 1 fully saturated rings. The van der Waals surface area contributed by atoms with Crippen LogP contribution in [0.25, 0.3) is 10.8 Å². The third kappa shape index (κ3) is 5.40. The number of carboxylic acids is 1. The first-order chi connectivity index (χ1) is 14.4. The quantitative estimate of drug-likeness (QED) is 0.409. The van der Waals surface area contributed by atoms with E-state index in [0.717, 1.165) is 23.2 Å². The first kappa shape index (κ1) is 23.6. The maximum atomic E-state index is 13.1. The number of carbonyl (C=O) groups excluding carboxylic acids is 1. The summed E-state index contributed by atoms with van der Waals surface area (Å²) in [6.07, 6.45) is 1.88. The van der Waals surface area contributed by atoms with Gasteiger partial charge in [-0.25, -0.2) is 18.4 Å². The molecular weight excluding hydrogens is 431 g/mol. The summed E-state index contributed by atoms with van der Waals surface area (Å²) in [5, 5.41) is 15.5. The zero-order chi connectivity index (χ0) is 21.1. The van der Waals surface area contributed by atoms with Crippen molar-refractivity contribution in [3.05, 3.63) is 60.4 Å². The molecule has 0 saturated carbocycles. The fourth-order valence-corrected chi connectivity index (χ4v) is 4.73. The van der Waals surface area contributed by atoms with Gasteiger partial charge < -0.3 is 20.0 Å². The Morgan fingerprint density at radius 3 is 2.58 bits per heavy atom. The molecule has 31 heavy (non-hydrogen) atoms. The predicted octanol–water partition coefficient (Wildman–Crippen LogP) is -2.50. The van der Waals surface area contributed by atoms with Gasteiger partial charge in [0.1, 0.15) is 0 Å². The van der Waals surface area contributed by atoms with Crippen molar-refractivity contribution in [1.82, 2.24) is 14.3 Å². The minimum absolute atomic E-state index is 0. The van der Waals surface area contributed by atoms with Gasteiger partial charge in [-0.15, -0.1) is 0 Å². The van der Waals surface area contributed by atoms with Gasteiger partial charge in [-0.2, -0.15) is 4.31 Å². The van der Waals surface area contributed by atoms with E-state index in [2.05, 4.69) is 15.3 Å². The van der Waals surface area contributed by atoms with Crippen molar-refractivity contribution in [3.8, 4) is 0 Å². The third-order valence-corrected chi connectivity index (χ3v) is 6.70. The third-order valence-electron chi connectivity index (χ3n) is 4.84. The van der Waals surface area contributed by atoms with Crippen molar-refractivity contribution in [2.75, 3.05) is 31.6 Å². The van der Waals surface area contributed by atoms with Gasteiger partial charge in [0.15, 0.2) is 0 Å². The van der Waals surface area contributed by atoms with E-state index in [1.165, 1.54) is 4.31 Å². The smallest absolute Gasteiger partial charge is 0.545 e. The van der Waals surface area contributed by atoms with Crippen LogP contribution >= 0.6 is 0 Å². The van der Waals surface area contributed by atoms with E-state index in [4.69, 9.17) is 4.74 Å². The molecule has 4 rings (SSSR count).